The number of fused-ring (bicyclic) bond motifs is 1. The predicted molar refractivity (Wildman–Crippen MR) is 176 cm³/mol. The summed E-state index contributed by atoms with van der Waals surface area (Å²) in [6, 6.07) is 8.78. The molecule has 11 nitrogen and oxygen atoms in total. The van der Waals surface area contributed by atoms with Gasteiger partial charge in [0.05, 0.1) is 59.5 Å². The molecule has 0 unspecified atom stereocenters. The molecule has 242 valence electrons. The van der Waals surface area contributed by atoms with Gasteiger partial charge in [0.2, 0.25) is 15.9 Å². The molecule has 1 aliphatic heterocycles. The number of sulfonamides is 1. The van der Waals surface area contributed by atoms with Crippen LogP contribution < -0.4 is 24.4 Å². The third kappa shape index (κ3) is 8.58. The van der Waals surface area contributed by atoms with Crippen molar-refractivity contribution in [2.45, 2.75) is 70.0 Å². The fourth-order valence-corrected chi connectivity index (χ4v) is 6.86. The highest BCUT2D eigenvalue weighted by Gasteiger charge is 2.22. The van der Waals surface area contributed by atoms with Gasteiger partial charge in [-0.25, -0.2) is 18.1 Å². The molecule has 0 saturated carbocycles. The molecule has 0 bridgehead atoms. The molecule has 3 aromatic rings. The molecule has 2 heterocycles. The summed E-state index contributed by atoms with van der Waals surface area (Å²) in [5.41, 5.74) is 2.88. The van der Waals surface area contributed by atoms with Crippen molar-refractivity contribution in [2.75, 3.05) is 62.0 Å². The number of nitrogens with one attached hydrogen (secondary N) is 2. The highest BCUT2D eigenvalue weighted by Crippen LogP contribution is 2.39. The topological polar surface area (TPSA) is 124 Å². The molecular weight excluding hydrogens is 603 g/mol. The number of thioether (sulfide) groups is 1. The number of unbranched alkanes of at least 4 members (excludes halogenated alkanes) is 2. The Hall–Kier alpha value is -3.00. The summed E-state index contributed by atoms with van der Waals surface area (Å²) in [6.45, 7) is 12.8. The Kier molecular flexibility index (Phi) is 12.6. The summed E-state index contributed by atoms with van der Waals surface area (Å²) in [5.74, 6) is 1.15. The number of ether oxygens (including phenoxy) is 3. The SMILES string of the molecule is CCCCNS(=O)(=O)c1ccc2c(c1)nc(SCC(=O)Nc1cc(OCC)c(N3CCOCC3)cc1OCC)n2CCCC. The van der Waals surface area contributed by atoms with E-state index in [0.717, 1.165) is 50.0 Å². The number of carbonyl (C=O) groups is 1. The van der Waals surface area contributed by atoms with Crippen LogP contribution in [0.2, 0.25) is 0 Å². The summed E-state index contributed by atoms with van der Waals surface area (Å²) in [5, 5.41) is 3.68. The van der Waals surface area contributed by atoms with Gasteiger partial charge in [-0.2, -0.15) is 0 Å². The van der Waals surface area contributed by atoms with E-state index in [1.54, 1.807) is 18.2 Å². The van der Waals surface area contributed by atoms with Gasteiger partial charge >= 0.3 is 0 Å². The number of benzene rings is 2. The van der Waals surface area contributed by atoms with E-state index in [-0.39, 0.29) is 16.6 Å². The highest BCUT2D eigenvalue weighted by atomic mass is 32.2. The van der Waals surface area contributed by atoms with Crippen molar-refractivity contribution < 1.29 is 27.4 Å². The molecule has 1 aromatic heterocycles. The molecule has 0 radical (unpaired) electrons. The molecule has 1 aliphatic rings. The molecule has 44 heavy (non-hydrogen) atoms. The third-order valence-electron chi connectivity index (χ3n) is 7.17. The lowest BCUT2D eigenvalue weighted by atomic mass is 10.2. The second-order valence-electron chi connectivity index (χ2n) is 10.4. The third-order valence-corrected chi connectivity index (χ3v) is 9.61. The van der Waals surface area contributed by atoms with E-state index in [1.165, 1.54) is 11.8 Å². The maximum absolute atomic E-state index is 13.3. The van der Waals surface area contributed by atoms with Crippen molar-refractivity contribution >= 4 is 50.1 Å². The monoisotopic (exact) mass is 647 g/mol. The number of hydrogen-bond donors (Lipinski definition) is 2. The number of amides is 1. The number of aromatic nitrogens is 2. The fourth-order valence-electron chi connectivity index (χ4n) is 4.92. The van der Waals surface area contributed by atoms with Gasteiger partial charge in [-0.15, -0.1) is 0 Å². The number of imidazole rings is 1. The number of carbonyl (C=O) groups excluding carboxylic acids is 1. The average molecular weight is 648 g/mol. The summed E-state index contributed by atoms with van der Waals surface area (Å²) < 4.78 is 47.8. The minimum atomic E-state index is -3.63. The molecule has 1 saturated heterocycles. The standard InChI is InChI=1S/C31H45N5O6S2/c1-5-9-13-32-44(38,39)23-11-12-26-24(19-23)34-31(36(26)14-10-6-2)43-22-30(37)33-25-20-29(42-8-4)27(21-28(25)41-7-3)35-15-17-40-18-16-35/h11-12,19-21,32H,5-10,13-18,22H2,1-4H3,(H,33,37). The molecule has 2 aromatic carbocycles. The highest BCUT2D eigenvalue weighted by molar-refractivity contribution is 7.99. The lowest BCUT2D eigenvalue weighted by Gasteiger charge is -2.31. The Balaban J connectivity index is 1.54. The van der Waals surface area contributed by atoms with Crippen molar-refractivity contribution in [1.82, 2.24) is 14.3 Å². The summed E-state index contributed by atoms with van der Waals surface area (Å²) in [6.07, 6.45) is 3.59. The second-order valence-corrected chi connectivity index (χ2v) is 13.1. The Morgan fingerprint density at radius 3 is 2.43 bits per heavy atom. The minimum absolute atomic E-state index is 0.111. The minimum Gasteiger partial charge on any atom is -0.492 e. The molecule has 0 atom stereocenters. The van der Waals surface area contributed by atoms with Gasteiger partial charge in [-0.1, -0.05) is 38.5 Å². The summed E-state index contributed by atoms with van der Waals surface area (Å²) >= 11 is 1.32. The first kappa shape index (κ1) is 33.9. The van der Waals surface area contributed by atoms with Gasteiger partial charge in [0, 0.05) is 38.3 Å². The largest absolute Gasteiger partial charge is 0.492 e. The zero-order valence-corrected chi connectivity index (χ0v) is 27.8. The zero-order valence-electron chi connectivity index (χ0n) is 26.2. The Bertz CT molecular complexity index is 1500. The summed E-state index contributed by atoms with van der Waals surface area (Å²) in [4.78, 5) is 20.4. The molecule has 13 heteroatoms. The first-order valence-corrected chi connectivity index (χ1v) is 18.0. The molecule has 4 rings (SSSR count). The normalized spacial score (nSPS) is 13.8. The van der Waals surface area contributed by atoms with Gasteiger partial charge in [-0.3, -0.25) is 4.79 Å². The Morgan fingerprint density at radius 1 is 1.00 bits per heavy atom. The van der Waals surface area contributed by atoms with Crippen LogP contribution in [0, 0.1) is 0 Å². The number of hydrogen-bond acceptors (Lipinski definition) is 9. The number of rotatable bonds is 17. The quantitative estimate of drug-likeness (QED) is 0.149. The van der Waals surface area contributed by atoms with Gasteiger partial charge < -0.3 is 29.0 Å². The lowest BCUT2D eigenvalue weighted by molar-refractivity contribution is -0.113. The van der Waals surface area contributed by atoms with Crippen molar-refractivity contribution in [3.8, 4) is 11.5 Å². The van der Waals surface area contributed by atoms with Crippen LogP contribution >= 0.6 is 11.8 Å². The van der Waals surface area contributed by atoms with Gasteiger partial charge in [0.25, 0.3) is 0 Å². The van der Waals surface area contributed by atoms with Crippen molar-refractivity contribution in [3.63, 3.8) is 0 Å². The fraction of sp³-hybridized carbons (Fsp3) is 0.548. The van der Waals surface area contributed by atoms with E-state index < -0.39 is 10.0 Å². The van der Waals surface area contributed by atoms with Gasteiger partial charge in [0.15, 0.2) is 5.16 Å². The van der Waals surface area contributed by atoms with E-state index in [2.05, 4.69) is 26.4 Å². The van der Waals surface area contributed by atoms with Crippen LogP contribution in [0.5, 0.6) is 11.5 Å². The summed E-state index contributed by atoms with van der Waals surface area (Å²) in [7, 11) is -3.63. The molecule has 1 fully saturated rings. The first-order chi connectivity index (χ1) is 21.3. The lowest BCUT2D eigenvalue weighted by Crippen LogP contribution is -2.36. The van der Waals surface area contributed by atoms with Crippen LogP contribution in [-0.2, 0) is 26.1 Å². The number of aryl methyl sites for hydroxylation is 1. The average Bonchev–Trinajstić information content (AvgIpc) is 3.37. The van der Waals surface area contributed by atoms with E-state index in [0.29, 0.717) is 67.4 Å². The van der Waals surface area contributed by atoms with Crippen molar-refractivity contribution in [3.05, 3.63) is 30.3 Å². The van der Waals surface area contributed by atoms with Crippen LogP contribution in [0.15, 0.2) is 40.4 Å². The Morgan fingerprint density at radius 2 is 1.73 bits per heavy atom. The molecule has 2 N–H and O–H groups in total. The smallest absolute Gasteiger partial charge is 0.240 e. The van der Waals surface area contributed by atoms with Gasteiger partial charge in [0.1, 0.15) is 11.5 Å². The predicted octanol–water partition coefficient (Wildman–Crippen LogP) is 5.28. The van der Waals surface area contributed by atoms with Crippen LogP contribution in [0.3, 0.4) is 0 Å². The maximum Gasteiger partial charge on any atom is 0.240 e. The Labute approximate surface area is 265 Å². The van der Waals surface area contributed by atoms with Crippen LogP contribution in [-0.4, -0.2) is 75.7 Å². The number of anilines is 2. The molecule has 0 spiro atoms. The molecular formula is C31H45N5O6S2. The maximum atomic E-state index is 13.3. The van der Waals surface area contributed by atoms with E-state index >= 15 is 0 Å². The van der Waals surface area contributed by atoms with Gasteiger partial charge in [-0.05, 0) is 44.9 Å². The van der Waals surface area contributed by atoms with E-state index in [1.807, 2.05) is 32.9 Å². The molecule has 1 amide bonds. The molecule has 0 aliphatic carbocycles. The zero-order chi connectivity index (χ0) is 31.5. The first-order valence-electron chi connectivity index (χ1n) is 15.5. The van der Waals surface area contributed by atoms with E-state index in [4.69, 9.17) is 19.2 Å². The van der Waals surface area contributed by atoms with Crippen molar-refractivity contribution in [1.29, 1.82) is 0 Å². The van der Waals surface area contributed by atoms with Crippen LogP contribution in [0.4, 0.5) is 11.4 Å². The van der Waals surface area contributed by atoms with E-state index in [9.17, 15) is 13.2 Å². The van der Waals surface area contributed by atoms with Crippen LogP contribution in [0.25, 0.3) is 11.0 Å². The number of morpholine rings is 1. The number of nitrogens with zero attached hydrogens (tertiary/aromatic N) is 3. The second kappa shape index (κ2) is 16.4. The van der Waals surface area contributed by atoms with Crippen molar-refractivity contribution in [2.24, 2.45) is 0 Å². The van der Waals surface area contributed by atoms with Crippen LogP contribution in [0.1, 0.15) is 53.4 Å².